The van der Waals surface area contributed by atoms with Crippen molar-refractivity contribution < 1.29 is 13.2 Å². The maximum Gasteiger partial charge on any atom is 0.225 e. The van der Waals surface area contributed by atoms with Crippen LogP contribution < -0.4 is 10.2 Å². The monoisotopic (exact) mass is 304 g/mol. The van der Waals surface area contributed by atoms with Crippen LogP contribution in [0.5, 0.6) is 0 Å². The van der Waals surface area contributed by atoms with Gasteiger partial charge in [0.25, 0.3) is 0 Å². The number of nitrogens with zero attached hydrogens (tertiary/aromatic N) is 1. The molecule has 1 rings (SSSR count). The Hall–Kier alpha value is -1.27. The summed E-state index contributed by atoms with van der Waals surface area (Å²) >= 11 is 5.89. The number of sulfone groups is 1. The zero-order valence-corrected chi connectivity index (χ0v) is 12.7. The third-order valence-corrected chi connectivity index (χ3v) is 3.60. The minimum Gasteiger partial charge on any atom is -0.376 e. The van der Waals surface area contributed by atoms with E-state index in [0.29, 0.717) is 10.7 Å². The molecule has 19 heavy (non-hydrogen) atoms. The molecule has 0 fully saturated rings. The fraction of sp³-hybridized carbons (Fsp3) is 0.417. The minimum absolute atomic E-state index is 0.0712. The first-order valence-corrected chi connectivity index (χ1v) is 8.07. The zero-order chi connectivity index (χ0) is 14.6. The summed E-state index contributed by atoms with van der Waals surface area (Å²) in [5.74, 6) is -0.521. The Kier molecular flexibility index (Phi) is 5.20. The fourth-order valence-electron chi connectivity index (χ4n) is 1.49. The number of nitrogens with one attached hydrogen (secondary N) is 1. The number of carbonyl (C=O) groups excluding carboxylic acids is 1. The number of benzene rings is 1. The van der Waals surface area contributed by atoms with Gasteiger partial charge in [-0.2, -0.15) is 0 Å². The SMILES string of the molecule is CN(C)c1ccc(Cl)cc1NC(=O)CCS(C)(=O)=O. The van der Waals surface area contributed by atoms with Crippen LogP contribution in [0.3, 0.4) is 0 Å². The molecule has 1 N–H and O–H groups in total. The third kappa shape index (κ3) is 5.48. The van der Waals surface area contributed by atoms with Gasteiger partial charge in [0.2, 0.25) is 5.91 Å². The fourth-order valence-corrected chi connectivity index (χ4v) is 2.22. The van der Waals surface area contributed by atoms with Crippen molar-refractivity contribution in [2.24, 2.45) is 0 Å². The normalized spacial score (nSPS) is 11.2. The Balaban J connectivity index is 2.81. The van der Waals surface area contributed by atoms with Crippen LogP contribution in [0.4, 0.5) is 11.4 Å². The summed E-state index contributed by atoms with van der Waals surface area (Å²) < 4.78 is 22.0. The Labute approximate surface area is 118 Å². The van der Waals surface area contributed by atoms with Crippen LogP contribution in [0, 0.1) is 0 Å². The van der Waals surface area contributed by atoms with Gasteiger partial charge >= 0.3 is 0 Å². The van der Waals surface area contributed by atoms with Gasteiger partial charge < -0.3 is 10.2 Å². The van der Waals surface area contributed by atoms with E-state index in [2.05, 4.69) is 5.32 Å². The van der Waals surface area contributed by atoms with Gasteiger partial charge in [-0.15, -0.1) is 0 Å². The summed E-state index contributed by atoms with van der Waals surface area (Å²) in [6.45, 7) is 0. The number of hydrogen-bond acceptors (Lipinski definition) is 4. The van der Waals surface area contributed by atoms with Crippen molar-refractivity contribution in [2.75, 3.05) is 36.3 Å². The van der Waals surface area contributed by atoms with E-state index >= 15 is 0 Å². The first kappa shape index (κ1) is 15.8. The lowest BCUT2D eigenvalue weighted by Crippen LogP contribution is -2.19. The number of carbonyl (C=O) groups is 1. The Morgan fingerprint density at radius 1 is 1.37 bits per heavy atom. The Morgan fingerprint density at radius 3 is 2.53 bits per heavy atom. The Bertz CT molecular complexity index is 570. The molecule has 0 bridgehead atoms. The van der Waals surface area contributed by atoms with Gasteiger partial charge in [0.05, 0.1) is 17.1 Å². The first-order chi connectivity index (χ1) is 8.69. The quantitative estimate of drug-likeness (QED) is 0.900. The van der Waals surface area contributed by atoms with E-state index < -0.39 is 9.84 Å². The zero-order valence-electron chi connectivity index (χ0n) is 11.1. The largest absolute Gasteiger partial charge is 0.376 e. The maximum atomic E-state index is 11.7. The summed E-state index contributed by atoms with van der Waals surface area (Å²) in [6, 6.07) is 5.15. The predicted molar refractivity (Wildman–Crippen MR) is 78.7 cm³/mol. The predicted octanol–water partition coefficient (Wildman–Crippen LogP) is 1.78. The molecule has 106 valence electrons. The number of anilines is 2. The summed E-state index contributed by atoms with van der Waals surface area (Å²) in [7, 11) is 0.542. The van der Waals surface area contributed by atoms with Crippen molar-refractivity contribution in [2.45, 2.75) is 6.42 Å². The number of amides is 1. The van der Waals surface area contributed by atoms with Crippen LogP contribution >= 0.6 is 11.6 Å². The number of halogens is 1. The minimum atomic E-state index is -3.14. The van der Waals surface area contributed by atoms with Crippen LogP contribution in [0.15, 0.2) is 18.2 Å². The summed E-state index contributed by atoms with van der Waals surface area (Å²) in [6.07, 6.45) is 1.03. The van der Waals surface area contributed by atoms with E-state index in [0.717, 1.165) is 11.9 Å². The average molecular weight is 305 g/mol. The Morgan fingerprint density at radius 2 is 2.00 bits per heavy atom. The molecule has 0 aliphatic rings. The second-order valence-corrected chi connectivity index (χ2v) is 7.18. The average Bonchev–Trinajstić information content (AvgIpc) is 2.25. The third-order valence-electron chi connectivity index (χ3n) is 2.41. The maximum absolute atomic E-state index is 11.7. The van der Waals surface area contributed by atoms with Gasteiger partial charge in [0, 0.05) is 31.8 Å². The molecule has 0 atom stereocenters. The standard InChI is InChI=1S/C12H17ClN2O3S/c1-15(2)11-5-4-9(13)8-10(11)14-12(16)6-7-19(3,17)18/h4-5,8H,6-7H2,1-3H3,(H,14,16). The molecule has 1 aromatic rings. The molecule has 0 unspecified atom stereocenters. The molecule has 0 spiro atoms. The van der Waals surface area contributed by atoms with E-state index in [-0.39, 0.29) is 18.1 Å². The molecule has 1 amide bonds. The van der Waals surface area contributed by atoms with Crippen LogP contribution in [-0.4, -0.2) is 40.4 Å². The van der Waals surface area contributed by atoms with E-state index in [9.17, 15) is 13.2 Å². The topological polar surface area (TPSA) is 66.5 Å². The molecule has 5 nitrogen and oxygen atoms in total. The molecular weight excluding hydrogens is 288 g/mol. The van der Waals surface area contributed by atoms with Crippen molar-refractivity contribution in [1.29, 1.82) is 0 Å². The molecule has 0 aliphatic carbocycles. The second-order valence-electron chi connectivity index (χ2n) is 4.48. The van der Waals surface area contributed by atoms with Crippen LogP contribution in [0.2, 0.25) is 5.02 Å². The van der Waals surface area contributed by atoms with Crippen LogP contribution in [-0.2, 0) is 14.6 Å². The van der Waals surface area contributed by atoms with E-state index in [1.807, 2.05) is 19.0 Å². The van der Waals surface area contributed by atoms with Crippen molar-refractivity contribution in [3.63, 3.8) is 0 Å². The van der Waals surface area contributed by atoms with E-state index in [1.54, 1.807) is 18.2 Å². The van der Waals surface area contributed by atoms with Crippen molar-refractivity contribution in [3.05, 3.63) is 23.2 Å². The second kappa shape index (κ2) is 6.25. The van der Waals surface area contributed by atoms with Gasteiger partial charge in [-0.3, -0.25) is 4.79 Å². The molecule has 0 heterocycles. The van der Waals surface area contributed by atoms with Crippen LogP contribution in [0.25, 0.3) is 0 Å². The highest BCUT2D eigenvalue weighted by Crippen LogP contribution is 2.27. The van der Waals surface area contributed by atoms with E-state index in [1.165, 1.54) is 0 Å². The highest BCUT2D eigenvalue weighted by atomic mass is 35.5. The molecule has 0 saturated carbocycles. The van der Waals surface area contributed by atoms with Crippen molar-refractivity contribution in [1.82, 2.24) is 0 Å². The number of rotatable bonds is 5. The highest BCUT2D eigenvalue weighted by Gasteiger charge is 2.11. The molecule has 0 radical (unpaired) electrons. The molecule has 0 saturated heterocycles. The molecular formula is C12H17ClN2O3S. The number of hydrogen-bond donors (Lipinski definition) is 1. The van der Waals surface area contributed by atoms with Gasteiger partial charge in [-0.25, -0.2) is 8.42 Å². The molecule has 0 aliphatic heterocycles. The van der Waals surface area contributed by atoms with Crippen molar-refractivity contribution in [3.8, 4) is 0 Å². The smallest absolute Gasteiger partial charge is 0.225 e. The summed E-state index contributed by atoms with van der Waals surface area (Å²) in [5, 5.41) is 3.18. The molecule has 7 heteroatoms. The first-order valence-electron chi connectivity index (χ1n) is 5.63. The highest BCUT2D eigenvalue weighted by molar-refractivity contribution is 7.90. The van der Waals surface area contributed by atoms with Gasteiger partial charge in [0.15, 0.2) is 0 Å². The summed E-state index contributed by atoms with van der Waals surface area (Å²) in [4.78, 5) is 13.5. The lowest BCUT2D eigenvalue weighted by Gasteiger charge is -2.18. The lowest BCUT2D eigenvalue weighted by molar-refractivity contribution is -0.115. The van der Waals surface area contributed by atoms with Crippen LogP contribution in [0.1, 0.15) is 6.42 Å². The van der Waals surface area contributed by atoms with Gasteiger partial charge in [-0.1, -0.05) is 11.6 Å². The van der Waals surface area contributed by atoms with Crippen molar-refractivity contribution >= 4 is 38.7 Å². The molecule has 1 aromatic carbocycles. The van der Waals surface area contributed by atoms with E-state index in [4.69, 9.17) is 11.6 Å². The lowest BCUT2D eigenvalue weighted by atomic mass is 10.2. The molecule has 0 aromatic heterocycles. The summed E-state index contributed by atoms with van der Waals surface area (Å²) in [5.41, 5.74) is 1.37. The van der Waals surface area contributed by atoms with Gasteiger partial charge in [0.1, 0.15) is 9.84 Å². The van der Waals surface area contributed by atoms with Gasteiger partial charge in [-0.05, 0) is 18.2 Å².